The second kappa shape index (κ2) is 22.4. The Kier molecular flexibility index (Phi) is 16.9. The molecule has 10 nitrogen and oxygen atoms in total. The standard InChI is InChI=1S/C48H62N2O8/c1-5-35(2)42(49-27-26-41-56-33-48(3,4)34-57-41)46(51)50-43-45(54-30-38-22-14-8-15-23-38)44(53-29-37-20-12-7-13-21-37)40(32-52-28-36-18-10-6-11-19-36)58-47(43)55-31-39-24-16-9-17-25-39/h6-25,35,40-45,47,49H,5,26-34H2,1-4H3,(H,50,51)/t35?,40?,42-,43+,44+,45+,47?/m0/s1. The predicted octanol–water partition coefficient (Wildman–Crippen LogP) is 7.59. The van der Waals surface area contributed by atoms with Crippen LogP contribution in [0.1, 0.15) is 62.8 Å². The van der Waals surface area contributed by atoms with E-state index in [4.69, 9.17) is 33.2 Å². The number of carbonyl (C=O) groups excluding carboxylic acids is 1. The molecule has 3 unspecified atom stereocenters. The SMILES string of the molecule is CCC(C)[C@H](NCCC1OCC(C)(C)CO1)C(=O)N[C@H]1C(OCc2ccccc2)OC(COCc2ccccc2)[C@@H](OCc2ccccc2)[C@@H]1OCc1ccccc1. The van der Waals surface area contributed by atoms with Gasteiger partial charge in [-0.1, -0.05) is 155 Å². The maximum absolute atomic E-state index is 14.6. The van der Waals surface area contributed by atoms with Crippen LogP contribution >= 0.6 is 0 Å². The summed E-state index contributed by atoms with van der Waals surface area (Å²) in [5, 5.41) is 6.91. The van der Waals surface area contributed by atoms with Gasteiger partial charge in [0.05, 0.1) is 52.3 Å². The second-order valence-corrected chi connectivity index (χ2v) is 16.2. The number of rotatable bonds is 21. The molecule has 0 spiro atoms. The Hall–Kier alpha value is -3.97. The third-order valence-electron chi connectivity index (χ3n) is 10.7. The lowest BCUT2D eigenvalue weighted by molar-refractivity contribution is -0.293. The predicted molar refractivity (Wildman–Crippen MR) is 223 cm³/mol. The minimum absolute atomic E-state index is 0.0148. The number of hydrogen-bond donors (Lipinski definition) is 2. The van der Waals surface area contributed by atoms with Crippen molar-refractivity contribution in [3.05, 3.63) is 144 Å². The molecule has 0 saturated carbocycles. The zero-order chi connectivity index (χ0) is 40.6. The fraction of sp³-hybridized carbons (Fsp3) is 0.479. The van der Waals surface area contributed by atoms with Crippen molar-refractivity contribution >= 4 is 5.91 Å². The largest absolute Gasteiger partial charge is 0.374 e. The monoisotopic (exact) mass is 794 g/mol. The Morgan fingerprint density at radius 1 is 0.707 bits per heavy atom. The molecule has 2 heterocycles. The quantitative estimate of drug-likeness (QED) is 0.0883. The van der Waals surface area contributed by atoms with Gasteiger partial charge in [-0.25, -0.2) is 0 Å². The zero-order valence-corrected chi connectivity index (χ0v) is 34.5. The lowest BCUT2D eigenvalue weighted by atomic mass is 9.93. The van der Waals surface area contributed by atoms with Crippen molar-refractivity contribution < 1.29 is 38.0 Å². The molecule has 0 bridgehead atoms. The average Bonchev–Trinajstić information content (AvgIpc) is 3.25. The van der Waals surface area contributed by atoms with Gasteiger partial charge in [0.25, 0.3) is 0 Å². The molecular formula is C48H62N2O8. The normalized spacial score (nSPS) is 23.2. The number of benzene rings is 4. The Labute approximate surface area is 344 Å². The molecule has 0 radical (unpaired) electrons. The first-order chi connectivity index (χ1) is 28.3. The summed E-state index contributed by atoms with van der Waals surface area (Å²) in [7, 11) is 0. The van der Waals surface area contributed by atoms with Gasteiger partial charge >= 0.3 is 0 Å². The fourth-order valence-electron chi connectivity index (χ4n) is 7.18. The van der Waals surface area contributed by atoms with Crippen LogP contribution in [0.25, 0.3) is 0 Å². The van der Waals surface area contributed by atoms with E-state index in [-0.39, 0.29) is 43.4 Å². The Bertz CT molecular complexity index is 1740. The van der Waals surface area contributed by atoms with Crippen LogP contribution in [0, 0.1) is 11.3 Å². The van der Waals surface area contributed by atoms with Crippen LogP contribution in [0.2, 0.25) is 0 Å². The Morgan fingerprint density at radius 2 is 1.19 bits per heavy atom. The summed E-state index contributed by atoms with van der Waals surface area (Å²) in [6.45, 7) is 11.7. The highest BCUT2D eigenvalue weighted by Crippen LogP contribution is 2.31. The Balaban J connectivity index is 1.28. The van der Waals surface area contributed by atoms with Crippen molar-refractivity contribution in [2.24, 2.45) is 11.3 Å². The summed E-state index contributed by atoms with van der Waals surface area (Å²) in [4.78, 5) is 14.6. The maximum Gasteiger partial charge on any atom is 0.237 e. The first-order valence-corrected chi connectivity index (χ1v) is 20.8. The summed E-state index contributed by atoms with van der Waals surface area (Å²) < 4.78 is 45.5. The summed E-state index contributed by atoms with van der Waals surface area (Å²) in [6.07, 6.45) is -1.71. The van der Waals surface area contributed by atoms with Crippen molar-refractivity contribution in [2.75, 3.05) is 26.4 Å². The fourth-order valence-corrected chi connectivity index (χ4v) is 7.18. The van der Waals surface area contributed by atoms with Crippen molar-refractivity contribution in [1.29, 1.82) is 0 Å². The molecule has 1 amide bonds. The van der Waals surface area contributed by atoms with Gasteiger partial charge in [-0.2, -0.15) is 0 Å². The second-order valence-electron chi connectivity index (χ2n) is 16.2. The molecule has 312 valence electrons. The number of carbonyl (C=O) groups is 1. The highest BCUT2D eigenvalue weighted by molar-refractivity contribution is 5.82. The van der Waals surface area contributed by atoms with Gasteiger partial charge in [0, 0.05) is 18.4 Å². The van der Waals surface area contributed by atoms with Crippen molar-refractivity contribution in [2.45, 2.75) is 110 Å². The van der Waals surface area contributed by atoms with E-state index in [1.54, 1.807) is 0 Å². The minimum Gasteiger partial charge on any atom is -0.374 e. The van der Waals surface area contributed by atoms with E-state index in [9.17, 15) is 4.79 Å². The lowest BCUT2D eigenvalue weighted by Gasteiger charge is -2.46. The van der Waals surface area contributed by atoms with Crippen LogP contribution < -0.4 is 10.6 Å². The van der Waals surface area contributed by atoms with E-state index < -0.39 is 36.7 Å². The third-order valence-corrected chi connectivity index (χ3v) is 10.7. The van der Waals surface area contributed by atoms with Crippen LogP contribution in [0.15, 0.2) is 121 Å². The molecular weight excluding hydrogens is 733 g/mol. The van der Waals surface area contributed by atoms with Crippen LogP contribution in [0.4, 0.5) is 0 Å². The smallest absolute Gasteiger partial charge is 0.237 e. The molecule has 2 aliphatic heterocycles. The summed E-state index contributed by atoms with van der Waals surface area (Å²) in [5.74, 6) is -0.148. The first-order valence-electron chi connectivity index (χ1n) is 20.8. The zero-order valence-electron chi connectivity index (χ0n) is 34.5. The van der Waals surface area contributed by atoms with E-state index in [0.717, 1.165) is 28.7 Å². The van der Waals surface area contributed by atoms with E-state index in [0.29, 0.717) is 39.4 Å². The molecule has 2 aliphatic rings. The van der Waals surface area contributed by atoms with Crippen molar-refractivity contribution in [3.8, 4) is 0 Å². The maximum atomic E-state index is 14.6. The topological polar surface area (TPSA) is 106 Å². The molecule has 7 atom stereocenters. The van der Waals surface area contributed by atoms with E-state index in [2.05, 4.69) is 38.3 Å². The van der Waals surface area contributed by atoms with Crippen molar-refractivity contribution in [3.63, 3.8) is 0 Å². The van der Waals surface area contributed by atoms with Gasteiger partial charge in [-0.3, -0.25) is 4.79 Å². The van der Waals surface area contributed by atoms with E-state index in [1.807, 2.05) is 121 Å². The summed E-state index contributed by atoms with van der Waals surface area (Å²) in [6, 6.07) is 38.8. The van der Waals surface area contributed by atoms with Gasteiger partial charge in [0.15, 0.2) is 12.6 Å². The molecule has 4 aromatic rings. The summed E-state index contributed by atoms with van der Waals surface area (Å²) >= 11 is 0. The number of amides is 1. The number of ether oxygens (including phenoxy) is 7. The number of nitrogens with one attached hydrogen (secondary N) is 2. The van der Waals surface area contributed by atoms with Crippen LogP contribution in [0.5, 0.6) is 0 Å². The van der Waals surface area contributed by atoms with Crippen LogP contribution in [0.3, 0.4) is 0 Å². The third kappa shape index (κ3) is 13.3. The molecule has 58 heavy (non-hydrogen) atoms. The Morgan fingerprint density at radius 3 is 1.71 bits per heavy atom. The first kappa shape index (κ1) is 43.6. The summed E-state index contributed by atoms with van der Waals surface area (Å²) in [5.41, 5.74) is 4.01. The highest BCUT2D eigenvalue weighted by atomic mass is 16.7. The molecule has 2 saturated heterocycles. The van der Waals surface area contributed by atoms with Gasteiger partial charge in [0.2, 0.25) is 5.91 Å². The van der Waals surface area contributed by atoms with Gasteiger partial charge in [0.1, 0.15) is 24.4 Å². The van der Waals surface area contributed by atoms with Crippen molar-refractivity contribution in [1.82, 2.24) is 10.6 Å². The highest BCUT2D eigenvalue weighted by Gasteiger charge is 2.49. The molecule has 0 aliphatic carbocycles. The van der Waals surface area contributed by atoms with Gasteiger partial charge in [-0.05, 0) is 28.2 Å². The molecule has 10 heteroatoms. The van der Waals surface area contributed by atoms with E-state index >= 15 is 0 Å². The molecule has 2 fully saturated rings. The van der Waals surface area contributed by atoms with Gasteiger partial charge in [-0.15, -0.1) is 0 Å². The average molecular weight is 795 g/mol. The number of hydrogen-bond acceptors (Lipinski definition) is 9. The van der Waals surface area contributed by atoms with E-state index in [1.165, 1.54) is 0 Å². The minimum atomic E-state index is -0.892. The molecule has 0 aromatic heterocycles. The molecule has 2 N–H and O–H groups in total. The van der Waals surface area contributed by atoms with Crippen LogP contribution in [-0.2, 0) is 64.4 Å². The molecule has 6 rings (SSSR count). The lowest BCUT2D eigenvalue weighted by Crippen LogP contribution is -2.67. The van der Waals surface area contributed by atoms with Crippen LogP contribution in [-0.4, -0.2) is 75.2 Å². The molecule has 4 aromatic carbocycles. The van der Waals surface area contributed by atoms with Gasteiger partial charge < -0.3 is 43.8 Å².